The minimum absolute atomic E-state index is 0.0606. The van der Waals surface area contributed by atoms with Crippen LogP contribution in [-0.2, 0) is 15.3 Å². The van der Waals surface area contributed by atoms with Crippen molar-refractivity contribution in [2.24, 2.45) is 5.92 Å². The Bertz CT molecular complexity index is 434. The third-order valence-corrected chi connectivity index (χ3v) is 4.26. The molecule has 0 bridgehead atoms. The number of thiazole rings is 1. The summed E-state index contributed by atoms with van der Waals surface area (Å²) in [7, 11) is 0. The molecule has 1 aromatic rings. The van der Waals surface area contributed by atoms with E-state index in [2.05, 4.69) is 10.3 Å². The third kappa shape index (κ3) is 6.58. The zero-order valence-corrected chi connectivity index (χ0v) is 12.6. The van der Waals surface area contributed by atoms with Gasteiger partial charge < -0.3 is 10.4 Å². The van der Waals surface area contributed by atoms with Crippen LogP contribution in [0.4, 0.5) is 0 Å². The van der Waals surface area contributed by atoms with Crippen molar-refractivity contribution >= 4 is 35.0 Å². The molecule has 19 heavy (non-hydrogen) atoms. The molecular weight excluding hydrogens is 284 g/mol. The number of carbonyl (C=O) groups is 2. The average molecular weight is 302 g/mol. The topological polar surface area (TPSA) is 79.3 Å². The minimum Gasteiger partial charge on any atom is -0.481 e. The predicted molar refractivity (Wildman–Crippen MR) is 77.4 cm³/mol. The van der Waals surface area contributed by atoms with Crippen LogP contribution < -0.4 is 5.32 Å². The van der Waals surface area contributed by atoms with Gasteiger partial charge in [0.15, 0.2) is 0 Å². The molecule has 1 heterocycles. The maximum atomic E-state index is 11.5. The van der Waals surface area contributed by atoms with Gasteiger partial charge in [-0.05, 0) is 13.3 Å². The summed E-state index contributed by atoms with van der Waals surface area (Å²) in [5, 5.41) is 14.4. The normalized spacial score (nSPS) is 12.1. The molecule has 2 N–H and O–H groups in total. The Hall–Kier alpha value is -1.08. The molecule has 0 aliphatic rings. The van der Waals surface area contributed by atoms with Crippen LogP contribution in [0.3, 0.4) is 0 Å². The molecule has 5 nitrogen and oxygen atoms in total. The molecule has 7 heteroatoms. The number of rotatable bonds is 8. The molecule has 1 atom stereocenters. The number of carboxylic acids is 1. The first-order chi connectivity index (χ1) is 8.99. The van der Waals surface area contributed by atoms with Crippen LogP contribution in [0.15, 0.2) is 5.38 Å². The number of aromatic nitrogens is 1. The zero-order chi connectivity index (χ0) is 14.3. The average Bonchev–Trinajstić information content (AvgIpc) is 2.74. The zero-order valence-electron chi connectivity index (χ0n) is 11.0. The van der Waals surface area contributed by atoms with Gasteiger partial charge in [-0.3, -0.25) is 9.59 Å². The van der Waals surface area contributed by atoms with E-state index in [0.717, 1.165) is 16.5 Å². The number of carboxylic acid groups (broad SMARTS) is 1. The fourth-order valence-corrected chi connectivity index (χ4v) is 2.79. The third-order valence-electron chi connectivity index (χ3n) is 2.47. The first-order valence-corrected chi connectivity index (χ1v) is 8.00. The van der Waals surface area contributed by atoms with Gasteiger partial charge in [-0.2, -0.15) is 0 Å². The van der Waals surface area contributed by atoms with Gasteiger partial charge in [0.05, 0.1) is 22.4 Å². The minimum atomic E-state index is -0.831. The van der Waals surface area contributed by atoms with E-state index in [9.17, 15) is 9.59 Å². The molecular formula is C12H18N2O3S2. The Labute approximate surface area is 120 Å². The number of hydrogen-bond acceptors (Lipinski definition) is 5. The Kier molecular flexibility index (Phi) is 6.86. The summed E-state index contributed by atoms with van der Waals surface area (Å²) in [5.74, 6) is -0.218. The number of nitrogens with one attached hydrogen (secondary N) is 1. The van der Waals surface area contributed by atoms with E-state index >= 15 is 0 Å². The lowest BCUT2D eigenvalue weighted by Crippen LogP contribution is -2.28. The summed E-state index contributed by atoms with van der Waals surface area (Å²) in [6.07, 6.45) is 0.455. The molecule has 0 aromatic carbocycles. The second-order valence-electron chi connectivity index (χ2n) is 4.23. The van der Waals surface area contributed by atoms with Crippen LogP contribution in [-0.4, -0.2) is 34.3 Å². The lowest BCUT2D eigenvalue weighted by Gasteiger charge is -2.07. The van der Waals surface area contributed by atoms with E-state index in [4.69, 9.17) is 5.11 Å². The van der Waals surface area contributed by atoms with E-state index in [0.29, 0.717) is 18.7 Å². The van der Waals surface area contributed by atoms with E-state index in [1.165, 1.54) is 11.8 Å². The number of hydrogen-bond donors (Lipinski definition) is 2. The van der Waals surface area contributed by atoms with Gasteiger partial charge in [0.25, 0.3) is 0 Å². The number of thioether (sulfide) groups is 1. The quantitative estimate of drug-likeness (QED) is 0.767. The number of amides is 1. The second-order valence-corrected chi connectivity index (χ2v) is 6.28. The summed E-state index contributed by atoms with van der Waals surface area (Å²) >= 11 is 3.11. The van der Waals surface area contributed by atoms with Crippen LogP contribution >= 0.6 is 23.1 Å². The molecule has 0 radical (unpaired) electrons. The predicted octanol–water partition coefficient (Wildman–Crippen LogP) is 1.91. The van der Waals surface area contributed by atoms with Crippen molar-refractivity contribution < 1.29 is 14.7 Å². The Morgan fingerprint density at radius 1 is 1.58 bits per heavy atom. The summed E-state index contributed by atoms with van der Waals surface area (Å²) in [6, 6.07) is 0. The molecule has 1 amide bonds. The number of aliphatic carboxylic acids is 1. The smallest absolute Gasteiger partial charge is 0.306 e. The Morgan fingerprint density at radius 2 is 2.32 bits per heavy atom. The lowest BCUT2D eigenvalue weighted by atomic mass is 10.1. The van der Waals surface area contributed by atoms with E-state index < -0.39 is 11.9 Å². The monoisotopic (exact) mass is 302 g/mol. The van der Waals surface area contributed by atoms with Crippen molar-refractivity contribution in [2.75, 3.05) is 12.3 Å². The van der Waals surface area contributed by atoms with Gasteiger partial charge in [0, 0.05) is 17.7 Å². The van der Waals surface area contributed by atoms with Gasteiger partial charge in [0.2, 0.25) is 5.91 Å². The van der Waals surface area contributed by atoms with Crippen molar-refractivity contribution in [3.63, 3.8) is 0 Å². The number of aryl methyl sites for hydroxylation is 1. The molecule has 1 aromatic heterocycles. The molecule has 0 spiro atoms. The van der Waals surface area contributed by atoms with Gasteiger partial charge in [0.1, 0.15) is 0 Å². The molecule has 1 unspecified atom stereocenters. The fraction of sp³-hybridized carbons (Fsp3) is 0.583. The first kappa shape index (κ1) is 16.0. The van der Waals surface area contributed by atoms with Crippen molar-refractivity contribution in [1.29, 1.82) is 0 Å². The summed E-state index contributed by atoms with van der Waals surface area (Å²) in [4.78, 5) is 26.4. The largest absolute Gasteiger partial charge is 0.481 e. The maximum absolute atomic E-state index is 11.5. The van der Waals surface area contributed by atoms with Crippen LogP contribution in [0.1, 0.15) is 24.0 Å². The van der Waals surface area contributed by atoms with Gasteiger partial charge in [-0.25, -0.2) is 4.98 Å². The highest BCUT2D eigenvalue weighted by atomic mass is 32.2. The van der Waals surface area contributed by atoms with E-state index in [-0.39, 0.29) is 5.91 Å². The summed E-state index contributed by atoms with van der Waals surface area (Å²) in [6.45, 7) is 3.99. The maximum Gasteiger partial charge on any atom is 0.306 e. The molecule has 0 aliphatic carbocycles. The standard InChI is InChI=1S/C12H18N2O3S2/c1-8(12(16)17)3-4-13-11(15)7-18-5-10-6-19-9(2)14-10/h6,8H,3-5,7H2,1-2H3,(H,13,15)(H,16,17). The molecule has 106 valence electrons. The van der Waals surface area contributed by atoms with E-state index in [1.807, 2.05) is 12.3 Å². The lowest BCUT2D eigenvalue weighted by molar-refractivity contribution is -0.141. The van der Waals surface area contributed by atoms with Crippen LogP contribution in [0, 0.1) is 12.8 Å². The van der Waals surface area contributed by atoms with Crippen LogP contribution in [0.5, 0.6) is 0 Å². The van der Waals surface area contributed by atoms with Gasteiger partial charge in [-0.1, -0.05) is 6.92 Å². The van der Waals surface area contributed by atoms with Crippen molar-refractivity contribution in [1.82, 2.24) is 10.3 Å². The van der Waals surface area contributed by atoms with E-state index in [1.54, 1.807) is 18.3 Å². The van der Waals surface area contributed by atoms with Crippen LogP contribution in [0.2, 0.25) is 0 Å². The number of carbonyl (C=O) groups excluding carboxylic acids is 1. The highest BCUT2D eigenvalue weighted by Gasteiger charge is 2.10. The molecule has 0 saturated carbocycles. The highest BCUT2D eigenvalue weighted by Crippen LogP contribution is 2.14. The molecule has 0 aliphatic heterocycles. The second kappa shape index (κ2) is 8.16. The molecule has 1 rings (SSSR count). The van der Waals surface area contributed by atoms with Crippen molar-refractivity contribution in [3.8, 4) is 0 Å². The Balaban J connectivity index is 2.10. The fourth-order valence-electron chi connectivity index (χ4n) is 1.33. The number of nitrogens with zero attached hydrogens (tertiary/aromatic N) is 1. The van der Waals surface area contributed by atoms with Crippen molar-refractivity contribution in [2.45, 2.75) is 26.0 Å². The van der Waals surface area contributed by atoms with Gasteiger partial charge >= 0.3 is 5.97 Å². The van der Waals surface area contributed by atoms with Crippen LogP contribution in [0.25, 0.3) is 0 Å². The van der Waals surface area contributed by atoms with Crippen molar-refractivity contribution in [3.05, 3.63) is 16.1 Å². The summed E-state index contributed by atoms with van der Waals surface area (Å²) in [5.41, 5.74) is 1.000. The SMILES string of the molecule is Cc1nc(CSCC(=O)NCCC(C)C(=O)O)cs1. The first-order valence-electron chi connectivity index (χ1n) is 5.97. The highest BCUT2D eigenvalue weighted by molar-refractivity contribution is 7.99. The summed E-state index contributed by atoms with van der Waals surface area (Å²) < 4.78 is 0. The molecule has 0 saturated heterocycles. The Morgan fingerprint density at radius 3 is 2.89 bits per heavy atom. The van der Waals surface area contributed by atoms with Gasteiger partial charge in [-0.15, -0.1) is 23.1 Å². The molecule has 0 fully saturated rings.